The maximum Gasteiger partial charge on any atom is 0.0702 e. The maximum atomic E-state index is 6.27. The van der Waals surface area contributed by atoms with E-state index >= 15 is 0 Å². The molecule has 0 N–H and O–H groups in total. The van der Waals surface area contributed by atoms with Crippen molar-refractivity contribution in [2.75, 3.05) is 39.8 Å². The van der Waals surface area contributed by atoms with Crippen LogP contribution >= 0.6 is 0 Å². The maximum absolute atomic E-state index is 6.27. The third-order valence-electron chi connectivity index (χ3n) is 5.36. The summed E-state index contributed by atoms with van der Waals surface area (Å²) in [6.07, 6.45) is 10.1. The van der Waals surface area contributed by atoms with Gasteiger partial charge in [-0.3, -0.25) is 0 Å². The highest BCUT2D eigenvalue weighted by atomic mass is 16.5. The van der Waals surface area contributed by atoms with E-state index in [4.69, 9.17) is 4.74 Å². The molecule has 3 aliphatic rings. The average molecular weight is 266 g/mol. The average Bonchev–Trinajstić information content (AvgIpc) is 2.45. The molecule has 3 heterocycles. The molecule has 0 saturated carbocycles. The summed E-state index contributed by atoms with van der Waals surface area (Å²) in [5.74, 6) is 0.807. The van der Waals surface area contributed by atoms with Crippen molar-refractivity contribution in [3.63, 3.8) is 0 Å². The van der Waals surface area contributed by atoms with Gasteiger partial charge in [0.15, 0.2) is 0 Å². The van der Waals surface area contributed by atoms with E-state index in [9.17, 15) is 0 Å². The van der Waals surface area contributed by atoms with Gasteiger partial charge in [-0.25, -0.2) is 0 Å². The number of rotatable bonds is 3. The van der Waals surface area contributed by atoms with E-state index in [2.05, 4.69) is 16.8 Å². The van der Waals surface area contributed by atoms with Gasteiger partial charge in [-0.15, -0.1) is 0 Å². The Kier molecular flexibility index (Phi) is 4.78. The largest absolute Gasteiger partial charge is 0.377 e. The van der Waals surface area contributed by atoms with Gasteiger partial charge in [0.1, 0.15) is 0 Å². The molecule has 0 bridgehead atoms. The van der Waals surface area contributed by atoms with Crippen molar-refractivity contribution in [1.82, 2.24) is 9.80 Å². The molecule has 0 spiro atoms. The van der Waals surface area contributed by atoms with Gasteiger partial charge < -0.3 is 14.5 Å². The SMILES string of the molecule is CN1CCCC(OCC2CCCN3CCCCC23)C1. The van der Waals surface area contributed by atoms with Gasteiger partial charge in [0.25, 0.3) is 0 Å². The number of likely N-dealkylation sites (N-methyl/N-ethyl adjacent to an activating group) is 1. The Morgan fingerprint density at radius 2 is 1.79 bits per heavy atom. The number of fused-ring (bicyclic) bond motifs is 1. The standard InChI is InChI=1S/C16H30N2O/c1-17-9-5-7-15(12-17)19-13-14-6-4-11-18-10-3-2-8-16(14)18/h14-16H,2-13H2,1H3. The second kappa shape index (κ2) is 6.55. The lowest BCUT2D eigenvalue weighted by Gasteiger charge is -2.44. The first-order valence-corrected chi connectivity index (χ1v) is 8.37. The van der Waals surface area contributed by atoms with E-state index in [1.807, 2.05) is 0 Å². The van der Waals surface area contributed by atoms with Crippen molar-refractivity contribution in [2.24, 2.45) is 5.92 Å². The number of piperidine rings is 3. The molecule has 3 unspecified atom stereocenters. The molecule has 0 amide bonds. The first kappa shape index (κ1) is 13.8. The van der Waals surface area contributed by atoms with Gasteiger partial charge >= 0.3 is 0 Å². The van der Waals surface area contributed by atoms with Crippen molar-refractivity contribution >= 4 is 0 Å². The Labute approximate surface area is 118 Å². The zero-order valence-electron chi connectivity index (χ0n) is 12.5. The molecule has 3 rings (SSSR count). The smallest absolute Gasteiger partial charge is 0.0702 e. The van der Waals surface area contributed by atoms with Crippen LogP contribution in [0.25, 0.3) is 0 Å². The topological polar surface area (TPSA) is 15.7 Å². The van der Waals surface area contributed by atoms with Gasteiger partial charge in [-0.2, -0.15) is 0 Å². The molecule has 3 aliphatic heterocycles. The van der Waals surface area contributed by atoms with Crippen LogP contribution in [0.4, 0.5) is 0 Å². The number of hydrogen-bond donors (Lipinski definition) is 0. The summed E-state index contributed by atoms with van der Waals surface area (Å²) < 4.78 is 6.27. The van der Waals surface area contributed by atoms with Crippen LogP contribution in [0.5, 0.6) is 0 Å². The summed E-state index contributed by atoms with van der Waals surface area (Å²) in [6.45, 7) is 6.08. The molecule has 0 aliphatic carbocycles. The number of likely N-dealkylation sites (tertiary alicyclic amines) is 1. The molecule has 0 aromatic carbocycles. The molecule has 3 saturated heterocycles. The van der Waals surface area contributed by atoms with Crippen LogP contribution in [0, 0.1) is 5.92 Å². The van der Waals surface area contributed by atoms with E-state index in [1.54, 1.807) is 0 Å². The fraction of sp³-hybridized carbons (Fsp3) is 1.00. The second-order valence-corrected chi connectivity index (χ2v) is 6.86. The van der Waals surface area contributed by atoms with Crippen LogP contribution < -0.4 is 0 Å². The van der Waals surface area contributed by atoms with Crippen molar-refractivity contribution < 1.29 is 4.74 Å². The molecule has 110 valence electrons. The lowest BCUT2D eigenvalue weighted by molar-refractivity contribution is -0.0451. The summed E-state index contributed by atoms with van der Waals surface area (Å²) in [5.41, 5.74) is 0. The van der Waals surface area contributed by atoms with Crippen molar-refractivity contribution in [2.45, 2.75) is 57.1 Å². The van der Waals surface area contributed by atoms with E-state index in [0.717, 1.165) is 25.1 Å². The minimum atomic E-state index is 0.498. The monoisotopic (exact) mass is 266 g/mol. The van der Waals surface area contributed by atoms with E-state index in [1.165, 1.54) is 64.6 Å². The van der Waals surface area contributed by atoms with Crippen LogP contribution in [0.15, 0.2) is 0 Å². The summed E-state index contributed by atoms with van der Waals surface area (Å²) in [6, 6.07) is 0.837. The highest BCUT2D eigenvalue weighted by molar-refractivity contribution is 4.87. The molecule has 3 atom stereocenters. The van der Waals surface area contributed by atoms with Gasteiger partial charge in [-0.05, 0) is 71.1 Å². The number of ether oxygens (including phenoxy) is 1. The minimum absolute atomic E-state index is 0.498. The van der Waals surface area contributed by atoms with Crippen LogP contribution in [-0.2, 0) is 4.74 Å². The summed E-state index contributed by atoms with van der Waals surface area (Å²) in [7, 11) is 2.22. The van der Waals surface area contributed by atoms with Gasteiger partial charge in [0.05, 0.1) is 12.7 Å². The molecule has 0 aromatic rings. The lowest BCUT2D eigenvalue weighted by Crippen LogP contribution is -2.49. The molecule has 0 radical (unpaired) electrons. The van der Waals surface area contributed by atoms with E-state index in [0.29, 0.717) is 6.10 Å². The molecular formula is C16H30N2O. The van der Waals surface area contributed by atoms with Gasteiger partial charge in [0, 0.05) is 12.6 Å². The van der Waals surface area contributed by atoms with Crippen molar-refractivity contribution in [3.05, 3.63) is 0 Å². The first-order valence-electron chi connectivity index (χ1n) is 8.37. The predicted molar refractivity (Wildman–Crippen MR) is 78.4 cm³/mol. The first-order chi connectivity index (χ1) is 9.33. The van der Waals surface area contributed by atoms with Crippen LogP contribution in [0.3, 0.4) is 0 Å². The minimum Gasteiger partial charge on any atom is -0.377 e. The lowest BCUT2D eigenvalue weighted by atomic mass is 9.84. The summed E-state index contributed by atoms with van der Waals surface area (Å²) >= 11 is 0. The highest BCUT2D eigenvalue weighted by Crippen LogP contribution is 2.31. The van der Waals surface area contributed by atoms with Crippen LogP contribution in [0.2, 0.25) is 0 Å². The normalized spacial score (nSPS) is 38.1. The molecule has 0 aromatic heterocycles. The van der Waals surface area contributed by atoms with Crippen LogP contribution in [0.1, 0.15) is 44.9 Å². The summed E-state index contributed by atoms with van der Waals surface area (Å²) in [5, 5.41) is 0. The van der Waals surface area contributed by atoms with Gasteiger partial charge in [0.2, 0.25) is 0 Å². The number of hydrogen-bond acceptors (Lipinski definition) is 3. The van der Waals surface area contributed by atoms with Crippen molar-refractivity contribution in [1.29, 1.82) is 0 Å². The van der Waals surface area contributed by atoms with Gasteiger partial charge in [-0.1, -0.05) is 6.42 Å². The fourth-order valence-corrected chi connectivity index (χ4v) is 4.29. The number of nitrogens with zero attached hydrogens (tertiary/aromatic N) is 2. The Morgan fingerprint density at radius 3 is 2.68 bits per heavy atom. The van der Waals surface area contributed by atoms with E-state index in [-0.39, 0.29) is 0 Å². The Balaban J connectivity index is 1.48. The third kappa shape index (κ3) is 3.50. The zero-order valence-corrected chi connectivity index (χ0v) is 12.5. The Morgan fingerprint density at radius 1 is 0.947 bits per heavy atom. The van der Waals surface area contributed by atoms with Crippen LogP contribution in [-0.4, -0.2) is 61.8 Å². The summed E-state index contributed by atoms with van der Waals surface area (Å²) in [4.78, 5) is 5.16. The quantitative estimate of drug-likeness (QED) is 0.780. The molecule has 3 nitrogen and oxygen atoms in total. The highest BCUT2D eigenvalue weighted by Gasteiger charge is 2.33. The molecule has 3 fully saturated rings. The Bertz CT molecular complexity index is 282. The predicted octanol–water partition coefficient (Wildman–Crippen LogP) is 2.36. The fourth-order valence-electron chi connectivity index (χ4n) is 4.29. The Hall–Kier alpha value is -0.120. The molecule has 19 heavy (non-hydrogen) atoms. The van der Waals surface area contributed by atoms with E-state index < -0.39 is 0 Å². The third-order valence-corrected chi connectivity index (χ3v) is 5.36. The zero-order chi connectivity index (χ0) is 13.1. The molecule has 3 heteroatoms. The second-order valence-electron chi connectivity index (χ2n) is 6.86. The molecular weight excluding hydrogens is 236 g/mol. The van der Waals surface area contributed by atoms with Crippen molar-refractivity contribution in [3.8, 4) is 0 Å².